The monoisotopic (exact) mass is 253 g/mol. The van der Waals surface area contributed by atoms with E-state index in [1.165, 1.54) is 12.8 Å². The lowest BCUT2D eigenvalue weighted by Gasteiger charge is -2.20. The van der Waals surface area contributed by atoms with E-state index in [9.17, 15) is 9.90 Å². The summed E-state index contributed by atoms with van der Waals surface area (Å²) in [5.74, 6) is 0.0568. The number of nitrogens with zero attached hydrogens (tertiary/aromatic N) is 1. The molecule has 3 aliphatic rings. The molecule has 0 bridgehead atoms. The second-order valence-electron chi connectivity index (χ2n) is 6.07. The van der Waals surface area contributed by atoms with E-state index in [0.717, 1.165) is 19.0 Å². The number of hydrogen-bond acceptors (Lipinski definition) is 4. The molecule has 0 aromatic heterocycles. The van der Waals surface area contributed by atoms with Gasteiger partial charge in [0.25, 0.3) is 0 Å². The Morgan fingerprint density at radius 3 is 2.78 bits per heavy atom. The van der Waals surface area contributed by atoms with Crippen LogP contribution in [0.4, 0.5) is 0 Å². The zero-order valence-electron chi connectivity index (χ0n) is 10.9. The van der Waals surface area contributed by atoms with Crippen LogP contribution in [0.15, 0.2) is 0 Å². The number of nitrogens with one attached hydrogen (secondary N) is 2. The van der Waals surface area contributed by atoms with E-state index in [-0.39, 0.29) is 24.1 Å². The minimum atomic E-state index is -0.369. The molecule has 2 heterocycles. The van der Waals surface area contributed by atoms with Crippen molar-refractivity contribution in [2.24, 2.45) is 0 Å². The lowest BCUT2D eigenvalue weighted by molar-refractivity contribution is -0.123. The zero-order chi connectivity index (χ0) is 12.7. The maximum atomic E-state index is 12.0. The van der Waals surface area contributed by atoms with Crippen molar-refractivity contribution in [3.8, 4) is 0 Å². The molecule has 5 nitrogen and oxygen atoms in total. The van der Waals surface area contributed by atoms with Gasteiger partial charge in [0, 0.05) is 31.2 Å². The van der Waals surface area contributed by atoms with Crippen LogP contribution in [-0.4, -0.2) is 59.3 Å². The van der Waals surface area contributed by atoms with Crippen LogP contribution in [0.3, 0.4) is 0 Å². The van der Waals surface area contributed by atoms with Gasteiger partial charge in [-0.1, -0.05) is 0 Å². The van der Waals surface area contributed by atoms with E-state index in [1.54, 1.807) is 0 Å². The topological polar surface area (TPSA) is 64.6 Å². The first-order valence-electron chi connectivity index (χ1n) is 7.11. The quantitative estimate of drug-likeness (QED) is 0.631. The van der Waals surface area contributed by atoms with Crippen LogP contribution in [0.2, 0.25) is 0 Å². The predicted octanol–water partition coefficient (Wildman–Crippen LogP) is -0.549. The number of amides is 1. The summed E-state index contributed by atoms with van der Waals surface area (Å²) >= 11 is 0. The first kappa shape index (κ1) is 12.4. The molecule has 5 heteroatoms. The van der Waals surface area contributed by atoms with Crippen molar-refractivity contribution >= 4 is 5.91 Å². The Hall–Kier alpha value is -0.650. The van der Waals surface area contributed by atoms with Crippen LogP contribution in [-0.2, 0) is 4.79 Å². The summed E-state index contributed by atoms with van der Waals surface area (Å²) in [5.41, 5.74) is 0. The fourth-order valence-corrected chi connectivity index (χ4v) is 3.29. The molecule has 4 atom stereocenters. The van der Waals surface area contributed by atoms with Crippen LogP contribution in [0, 0.1) is 0 Å². The Kier molecular flexibility index (Phi) is 3.30. The number of likely N-dealkylation sites (tertiary alicyclic amines) is 1. The number of aliphatic hydroxyl groups is 1. The van der Waals surface area contributed by atoms with Crippen LogP contribution in [0.5, 0.6) is 0 Å². The second-order valence-corrected chi connectivity index (χ2v) is 6.07. The van der Waals surface area contributed by atoms with Crippen molar-refractivity contribution in [3.05, 3.63) is 0 Å². The van der Waals surface area contributed by atoms with E-state index in [0.29, 0.717) is 19.0 Å². The summed E-state index contributed by atoms with van der Waals surface area (Å²) in [6.45, 7) is 3.78. The van der Waals surface area contributed by atoms with Gasteiger partial charge in [-0.05, 0) is 32.6 Å². The number of rotatable bonds is 3. The van der Waals surface area contributed by atoms with E-state index < -0.39 is 0 Å². The molecular weight excluding hydrogens is 230 g/mol. The fraction of sp³-hybridized carbons (Fsp3) is 0.923. The lowest BCUT2D eigenvalue weighted by atomic mass is 10.1. The molecule has 2 aliphatic heterocycles. The molecule has 3 rings (SSSR count). The number of β-amino-alcohol motifs (C(OH)–C–C–N with tert-alkyl or cyclic N) is 1. The molecule has 0 radical (unpaired) electrons. The standard InChI is InChI=1S/C13H23N3O2/c1-8-4-9(7-16(8)10-2-3-10)15-13(18)12-5-11(17)6-14-12/h8-12,14,17H,2-7H2,1H3,(H,15,18)/t8-,9+,11-,12-/m1/s1. The molecule has 0 unspecified atom stereocenters. The lowest BCUT2D eigenvalue weighted by Crippen LogP contribution is -2.46. The third-order valence-electron chi connectivity index (χ3n) is 4.41. The maximum absolute atomic E-state index is 12.0. The first-order valence-corrected chi connectivity index (χ1v) is 7.11. The average Bonchev–Trinajstić information content (AvgIpc) is 2.97. The van der Waals surface area contributed by atoms with Crippen LogP contribution in [0.1, 0.15) is 32.6 Å². The van der Waals surface area contributed by atoms with Gasteiger partial charge in [-0.2, -0.15) is 0 Å². The van der Waals surface area contributed by atoms with Gasteiger partial charge in [-0.3, -0.25) is 9.69 Å². The molecule has 1 amide bonds. The maximum Gasteiger partial charge on any atom is 0.237 e. The summed E-state index contributed by atoms with van der Waals surface area (Å²) in [6, 6.07) is 1.44. The number of carbonyl (C=O) groups excluding carboxylic acids is 1. The summed E-state index contributed by atoms with van der Waals surface area (Å²) in [6.07, 6.45) is 3.87. The van der Waals surface area contributed by atoms with Gasteiger partial charge in [0.2, 0.25) is 5.91 Å². The summed E-state index contributed by atoms with van der Waals surface area (Å²) < 4.78 is 0. The number of carbonyl (C=O) groups is 1. The molecule has 3 N–H and O–H groups in total. The van der Waals surface area contributed by atoms with E-state index in [4.69, 9.17) is 0 Å². The van der Waals surface area contributed by atoms with Crippen molar-refractivity contribution in [2.75, 3.05) is 13.1 Å². The van der Waals surface area contributed by atoms with Gasteiger partial charge in [0.15, 0.2) is 0 Å². The van der Waals surface area contributed by atoms with Gasteiger partial charge in [-0.25, -0.2) is 0 Å². The van der Waals surface area contributed by atoms with Crippen molar-refractivity contribution in [1.29, 1.82) is 0 Å². The number of hydrogen-bond donors (Lipinski definition) is 3. The largest absolute Gasteiger partial charge is 0.392 e. The Morgan fingerprint density at radius 1 is 1.39 bits per heavy atom. The van der Waals surface area contributed by atoms with Crippen molar-refractivity contribution in [2.45, 2.75) is 62.9 Å². The molecule has 0 aromatic rings. The molecular formula is C13H23N3O2. The van der Waals surface area contributed by atoms with Gasteiger partial charge < -0.3 is 15.7 Å². The highest BCUT2D eigenvalue weighted by Gasteiger charge is 2.40. The highest BCUT2D eigenvalue weighted by atomic mass is 16.3. The van der Waals surface area contributed by atoms with E-state index in [1.807, 2.05) is 0 Å². The molecule has 1 saturated carbocycles. The average molecular weight is 253 g/mol. The van der Waals surface area contributed by atoms with Crippen molar-refractivity contribution in [1.82, 2.24) is 15.5 Å². The smallest absolute Gasteiger partial charge is 0.237 e. The molecule has 102 valence electrons. The Labute approximate surface area is 108 Å². The normalized spacial score (nSPS) is 41.2. The van der Waals surface area contributed by atoms with Gasteiger partial charge in [0.1, 0.15) is 0 Å². The molecule has 0 aromatic carbocycles. The fourth-order valence-electron chi connectivity index (χ4n) is 3.29. The van der Waals surface area contributed by atoms with Gasteiger partial charge in [0.05, 0.1) is 12.1 Å². The Morgan fingerprint density at radius 2 is 2.17 bits per heavy atom. The Balaban J connectivity index is 1.49. The van der Waals surface area contributed by atoms with Crippen LogP contribution >= 0.6 is 0 Å². The van der Waals surface area contributed by atoms with Gasteiger partial charge >= 0.3 is 0 Å². The molecule has 0 spiro atoms. The molecule has 18 heavy (non-hydrogen) atoms. The van der Waals surface area contributed by atoms with E-state index >= 15 is 0 Å². The third kappa shape index (κ3) is 2.53. The summed E-state index contributed by atoms with van der Waals surface area (Å²) in [4.78, 5) is 14.6. The highest BCUT2D eigenvalue weighted by Crippen LogP contribution is 2.33. The number of aliphatic hydroxyl groups excluding tert-OH is 1. The van der Waals surface area contributed by atoms with Crippen molar-refractivity contribution in [3.63, 3.8) is 0 Å². The van der Waals surface area contributed by atoms with Crippen molar-refractivity contribution < 1.29 is 9.90 Å². The minimum Gasteiger partial charge on any atom is -0.392 e. The summed E-state index contributed by atoms with van der Waals surface area (Å²) in [5, 5.41) is 15.6. The predicted molar refractivity (Wildman–Crippen MR) is 68.2 cm³/mol. The molecule has 1 aliphatic carbocycles. The van der Waals surface area contributed by atoms with E-state index in [2.05, 4.69) is 22.5 Å². The first-order chi connectivity index (χ1) is 8.63. The molecule has 2 saturated heterocycles. The molecule has 3 fully saturated rings. The third-order valence-corrected chi connectivity index (χ3v) is 4.41. The van der Waals surface area contributed by atoms with Crippen LogP contribution < -0.4 is 10.6 Å². The Bertz CT molecular complexity index is 332. The van der Waals surface area contributed by atoms with Gasteiger partial charge in [-0.15, -0.1) is 0 Å². The second kappa shape index (κ2) is 4.79. The SMILES string of the molecule is C[C@@H]1C[C@H](NC(=O)[C@H]2C[C@@H](O)CN2)CN1C1CC1. The minimum absolute atomic E-state index is 0.0568. The zero-order valence-corrected chi connectivity index (χ0v) is 10.9. The van der Waals surface area contributed by atoms with Crippen LogP contribution in [0.25, 0.3) is 0 Å². The highest BCUT2D eigenvalue weighted by molar-refractivity contribution is 5.82. The summed E-state index contributed by atoms with van der Waals surface area (Å²) in [7, 11) is 0.